The Kier molecular flexibility index (Phi) is 10.6. The predicted molar refractivity (Wildman–Crippen MR) is 139 cm³/mol. The molecule has 17 nitrogen and oxygen atoms in total. The number of ether oxygens (including phenoxy) is 5. The van der Waals surface area contributed by atoms with E-state index in [9.17, 15) is 19.3 Å². The molecule has 224 valence electrons. The fourth-order valence-corrected chi connectivity index (χ4v) is 4.87. The van der Waals surface area contributed by atoms with Crippen LogP contribution in [0.15, 0.2) is 34.1 Å². The first-order chi connectivity index (χ1) is 18.8. The Balaban J connectivity index is 0.000000225. The molecule has 18 heteroatoms. The molecule has 8 atom stereocenters. The van der Waals surface area contributed by atoms with Crippen LogP contribution in [0.5, 0.6) is 0 Å². The third-order valence-corrected chi connectivity index (χ3v) is 7.07. The van der Waals surface area contributed by atoms with Gasteiger partial charge >= 0.3 is 19.0 Å². The van der Waals surface area contributed by atoms with Crippen LogP contribution < -0.4 is 22.8 Å². The molecule has 4 heterocycles. The van der Waals surface area contributed by atoms with E-state index in [4.69, 9.17) is 44.9 Å². The van der Waals surface area contributed by atoms with Crippen molar-refractivity contribution in [2.45, 2.75) is 50.9 Å². The minimum atomic E-state index is -4.32. The predicted octanol–water partition coefficient (Wildman–Crippen LogP) is -1.15. The molecule has 4 rings (SSSR count). The molecule has 7 N–H and O–H groups in total. The van der Waals surface area contributed by atoms with Gasteiger partial charge in [-0.3, -0.25) is 13.7 Å². The van der Waals surface area contributed by atoms with E-state index < -0.39 is 50.2 Å². The van der Waals surface area contributed by atoms with Crippen LogP contribution in [-0.4, -0.2) is 85.8 Å². The van der Waals surface area contributed by atoms with E-state index in [0.717, 1.165) is 0 Å². The van der Waals surface area contributed by atoms with E-state index in [-0.39, 0.29) is 42.3 Å². The monoisotopic (exact) mass is 590 g/mol. The van der Waals surface area contributed by atoms with Crippen molar-refractivity contribution in [2.24, 2.45) is 11.8 Å². The standard InChI is InChI=1S/C11H18N3O7P.C11H17N3O4/c1-6-8(19-2)9(14-4-3-7(12)13-11(14)15)21-10(6)20-5-22(16,17)18;1-6-7(5-15)18-10(9(6)17-2)14-4-3-8(12)13-11(14)16/h3-4,6,8-10H,5H2,1-2H3,(H2,12,13,15)(H2,16,17,18);3-4,6-7,9-10,15H,5H2,1-2H3,(H2,12,13,16)/t6?,8-,9-,10+;6?,7-,9-,10-/m11/s1. The molecule has 2 aliphatic heterocycles. The SMILES string of the molecule is CO[C@@H]1C(C)[C@@H](CO)O[C@H]1n1ccc(N)nc1=O.CO[C@@H]1C(C)[C@@H](OCP(=O)(O)O)O[C@H]1n1ccc(N)nc1=O. The minimum Gasteiger partial charge on any atom is -0.394 e. The van der Waals surface area contributed by atoms with Gasteiger partial charge in [0.25, 0.3) is 0 Å². The Morgan fingerprint density at radius 3 is 1.82 bits per heavy atom. The Bertz CT molecular complexity index is 1300. The highest BCUT2D eigenvalue weighted by Gasteiger charge is 2.45. The van der Waals surface area contributed by atoms with Crippen LogP contribution in [0, 0.1) is 11.8 Å². The Morgan fingerprint density at radius 2 is 1.40 bits per heavy atom. The summed E-state index contributed by atoms with van der Waals surface area (Å²) in [5.74, 6) is -0.133. The molecule has 0 aromatic carbocycles. The van der Waals surface area contributed by atoms with Gasteiger partial charge in [-0.1, -0.05) is 13.8 Å². The molecular weight excluding hydrogens is 555 g/mol. The van der Waals surface area contributed by atoms with Gasteiger partial charge < -0.3 is 50.0 Å². The van der Waals surface area contributed by atoms with Crippen molar-refractivity contribution in [3.8, 4) is 0 Å². The molecule has 0 spiro atoms. The van der Waals surface area contributed by atoms with Gasteiger partial charge in [-0.25, -0.2) is 9.59 Å². The lowest BCUT2D eigenvalue weighted by Gasteiger charge is -2.20. The minimum absolute atomic E-state index is 0.0190. The number of nitrogens with two attached hydrogens (primary N) is 2. The summed E-state index contributed by atoms with van der Waals surface area (Å²) in [4.78, 5) is 48.6. The van der Waals surface area contributed by atoms with Gasteiger partial charge in [0, 0.05) is 38.4 Å². The average molecular weight is 591 g/mol. The molecule has 2 aliphatic rings. The summed E-state index contributed by atoms with van der Waals surface area (Å²) in [6.45, 7) is 3.52. The lowest BCUT2D eigenvalue weighted by Crippen LogP contribution is -2.34. The number of aromatic nitrogens is 4. The van der Waals surface area contributed by atoms with Gasteiger partial charge in [-0.2, -0.15) is 9.97 Å². The van der Waals surface area contributed by atoms with Crippen molar-refractivity contribution in [3.63, 3.8) is 0 Å². The summed E-state index contributed by atoms with van der Waals surface area (Å²) in [6, 6.07) is 2.96. The number of hydrogen-bond acceptors (Lipinski definition) is 13. The summed E-state index contributed by atoms with van der Waals surface area (Å²) in [6.07, 6.45) is -1.41. The molecular formula is C22H35N6O11P. The average Bonchev–Trinajstić information content (AvgIpc) is 3.37. The number of nitrogens with zero attached hydrogens (tertiary/aromatic N) is 4. The zero-order chi connectivity index (χ0) is 29.8. The largest absolute Gasteiger partial charge is 0.394 e. The Labute approximate surface area is 228 Å². The Hall–Kier alpha value is -2.73. The Morgan fingerprint density at radius 1 is 0.925 bits per heavy atom. The molecule has 2 fully saturated rings. The molecule has 0 saturated carbocycles. The first-order valence-corrected chi connectivity index (χ1v) is 13.9. The van der Waals surface area contributed by atoms with E-state index >= 15 is 0 Å². The smallest absolute Gasteiger partial charge is 0.351 e. The maximum absolute atomic E-state index is 11.9. The molecule has 2 unspecified atom stereocenters. The van der Waals surface area contributed by atoms with Gasteiger partial charge in [0.15, 0.2) is 25.1 Å². The second-order valence-electron chi connectivity index (χ2n) is 9.31. The second kappa shape index (κ2) is 13.3. The number of aliphatic hydroxyl groups is 1. The summed E-state index contributed by atoms with van der Waals surface area (Å²) in [7, 11) is -1.33. The normalized spacial score (nSPS) is 30.2. The number of anilines is 2. The molecule has 2 aromatic heterocycles. The summed E-state index contributed by atoms with van der Waals surface area (Å²) in [5.41, 5.74) is 9.76. The topological polar surface area (TPSA) is 246 Å². The van der Waals surface area contributed by atoms with E-state index in [2.05, 4.69) is 9.97 Å². The van der Waals surface area contributed by atoms with Crippen LogP contribution in [0.25, 0.3) is 0 Å². The van der Waals surface area contributed by atoms with Crippen molar-refractivity contribution in [3.05, 3.63) is 45.5 Å². The number of rotatable bonds is 8. The van der Waals surface area contributed by atoms with Gasteiger partial charge in [-0.05, 0) is 12.1 Å². The third-order valence-electron chi connectivity index (χ3n) is 6.58. The van der Waals surface area contributed by atoms with Crippen LogP contribution >= 0.6 is 7.60 Å². The molecule has 0 amide bonds. The van der Waals surface area contributed by atoms with Crippen LogP contribution in [-0.2, 0) is 28.2 Å². The van der Waals surface area contributed by atoms with E-state index in [0.29, 0.717) is 0 Å². The lowest BCUT2D eigenvalue weighted by atomic mass is 10.0. The van der Waals surface area contributed by atoms with Gasteiger partial charge in [0.05, 0.1) is 12.7 Å². The molecule has 0 radical (unpaired) electrons. The first-order valence-electron chi connectivity index (χ1n) is 12.1. The number of hydrogen-bond donors (Lipinski definition) is 5. The summed E-state index contributed by atoms with van der Waals surface area (Å²) < 4.78 is 40.4. The fraction of sp³-hybridized carbons (Fsp3) is 0.636. The quantitative estimate of drug-likeness (QED) is 0.228. The summed E-state index contributed by atoms with van der Waals surface area (Å²) >= 11 is 0. The second-order valence-corrected chi connectivity index (χ2v) is 10.9. The zero-order valence-electron chi connectivity index (χ0n) is 22.3. The van der Waals surface area contributed by atoms with E-state index in [1.807, 2.05) is 6.92 Å². The van der Waals surface area contributed by atoms with Crippen LogP contribution in [0.2, 0.25) is 0 Å². The van der Waals surface area contributed by atoms with Gasteiger partial charge in [0.1, 0.15) is 23.8 Å². The van der Waals surface area contributed by atoms with Gasteiger partial charge in [0.2, 0.25) is 0 Å². The number of methoxy groups -OCH3 is 2. The zero-order valence-corrected chi connectivity index (χ0v) is 23.2. The van der Waals surface area contributed by atoms with Crippen molar-refractivity contribution in [1.29, 1.82) is 0 Å². The van der Waals surface area contributed by atoms with Crippen LogP contribution in [0.4, 0.5) is 11.6 Å². The lowest BCUT2D eigenvalue weighted by molar-refractivity contribution is -0.156. The number of nitrogen functional groups attached to an aromatic ring is 2. The highest BCUT2D eigenvalue weighted by atomic mass is 31.2. The molecule has 2 saturated heterocycles. The highest BCUT2D eigenvalue weighted by molar-refractivity contribution is 7.51. The first kappa shape index (κ1) is 31.8. The van der Waals surface area contributed by atoms with Crippen molar-refractivity contribution < 1.29 is 43.1 Å². The number of aliphatic hydroxyl groups excluding tert-OH is 1. The van der Waals surface area contributed by atoms with E-state index in [1.165, 1.54) is 40.8 Å². The maximum atomic E-state index is 11.9. The maximum Gasteiger partial charge on any atom is 0.351 e. The summed E-state index contributed by atoms with van der Waals surface area (Å²) in [5, 5.41) is 9.22. The van der Waals surface area contributed by atoms with Crippen LogP contribution in [0.3, 0.4) is 0 Å². The molecule has 0 bridgehead atoms. The van der Waals surface area contributed by atoms with E-state index in [1.54, 1.807) is 14.0 Å². The van der Waals surface area contributed by atoms with Crippen molar-refractivity contribution in [1.82, 2.24) is 19.1 Å². The van der Waals surface area contributed by atoms with Gasteiger partial charge in [-0.15, -0.1) is 0 Å². The van der Waals surface area contributed by atoms with Crippen molar-refractivity contribution >= 4 is 19.2 Å². The van der Waals surface area contributed by atoms with Crippen LogP contribution in [0.1, 0.15) is 26.3 Å². The molecule has 40 heavy (non-hydrogen) atoms. The molecule has 0 aliphatic carbocycles. The molecule has 2 aromatic rings. The highest BCUT2D eigenvalue weighted by Crippen LogP contribution is 2.40. The fourth-order valence-electron chi connectivity index (χ4n) is 4.52. The third kappa shape index (κ3) is 7.31. The van der Waals surface area contributed by atoms with Crippen molar-refractivity contribution in [2.75, 3.05) is 38.6 Å².